The number of allylic oxidation sites excluding steroid dienone is 1. The van der Waals surface area contributed by atoms with Crippen molar-refractivity contribution in [2.24, 2.45) is 0 Å². The van der Waals surface area contributed by atoms with Gasteiger partial charge < -0.3 is 0 Å². The van der Waals surface area contributed by atoms with Gasteiger partial charge in [0.1, 0.15) is 0 Å². The molecule has 22 heavy (non-hydrogen) atoms. The zero-order valence-electron chi connectivity index (χ0n) is 11.8. The van der Waals surface area contributed by atoms with E-state index < -0.39 is 10.1 Å². The molecular weight excluding hydrogens is 307 g/mol. The Morgan fingerprint density at radius 3 is 1.59 bits per heavy atom. The molecule has 5 heteroatoms. The molecule has 0 aliphatic carbocycles. The summed E-state index contributed by atoms with van der Waals surface area (Å²) in [5.41, 5.74) is 2.00. The van der Waals surface area contributed by atoms with Crippen LogP contribution in [0.2, 0.25) is 0 Å². The van der Waals surface area contributed by atoms with Gasteiger partial charge in [-0.3, -0.25) is 4.55 Å². The summed E-state index contributed by atoms with van der Waals surface area (Å²) in [5.74, 6) is 0. The van der Waals surface area contributed by atoms with Gasteiger partial charge in [-0.25, -0.2) is 0 Å². The molecule has 0 saturated heterocycles. The molecule has 0 radical (unpaired) electrons. The van der Waals surface area contributed by atoms with Crippen LogP contribution in [0.4, 0.5) is 0 Å². The average Bonchev–Trinajstić information content (AvgIpc) is 2.48. The molecule has 2 aromatic carbocycles. The number of hydrogen-bond donors (Lipinski definition) is 1. The summed E-state index contributed by atoms with van der Waals surface area (Å²) in [5, 5.41) is 0.752. The van der Waals surface area contributed by atoms with Gasteiger partial charge in [-0.1, -0.05) is 72.8 Å². The molecule has 2 rings (SSSR count). The van der Waals surface area contributed by atoms with E-state index in [0.717, 1.165) is 11.0 Å². The van der Waals surface area contributed by atoms with Gasteiger partial charge in [-0.15, -0.1) is 0 Å². The second-order valence-electron chi connectivity index (χ2n) is 4.14. The summed E-state index contributed by atoms with van der Waals surface area (Å²) >= 11 is 0. The van der Waals surface area contributed by atoms with Crippen molar-refractivity contribution in [2.75, 3.05) is 0 Å². The monoisotopic (exact) mass is 326 g/mol. The van der Waals surface area contributed by atoms with Crippen LogP contribution in [0.5, 0.6) is 0 Å². The topological polar surface area (TPSA) is 54.4 Å². The third-order valence-corrected chi connectivity index (χ3v) is 2.87. The van der Waals surface area contributed by atoms with E-state index >= 15 is 0 Å². The molecule has 0 unspecified atom stereocenters. The van der Waals surface area contributed by atoms with Crippen molar-refractivity contribution in [2.45, 2.75) is 6.92 Å². The summed E-state index contributed by atoms with van der Waals surface area (Å²) in [6.07, 6.45) is 5.45. The van der Waals surface area contributed by atoms with Gasteiger partial charge >= 0.3 is 29.6 Å². The molecule has 2 aromatic rings. The van der Waals surface area contributed by atoms with Crippen LogP contribution in [0.1, 0.15) is 18.1 Å². The van der Waals surface area contributed by atoms with Gasteiger partial charge in [-0.05, 0) is 24.1 Å². The fraction of sp³-hybridized carbons (Fsp3) is 0.0588. The first-order chi connectivity index (χ1) is 10.0. The number of rotatable bonds is 3. The van der Waals surface area contributed by atoms with Gasteiger partial charge in [0, 0.05) is 0 Å². The molecule has 0 amide bonds. The van der Waals surface area contributed by atoms with Crippen molar-refractivity contribution >= 4 is 51.8 Å². The van der Waals surface area contributed by atoms with Crippen molar-refractivity contribution in [1.29, 1.82) is 0 Å². The number of benzene rings is 2. The van der Waals surface area contributed by atoms with E-state index in [1.54, 1.807) is 24.3 Å². The van der Waals surface area contributed by atoms with Crippen molar-refractivity contribution in [3.05, 3.63) is 83.3 Å². The molecule has 0 fully saturated rings. The Hall–Kier alpha value is -1.17. The molecule has 1 N–H and O–H groups in total. The van der Waals surface area contributed by atoms with Crippen molar-refractivity contribution in [3.8, 4) is 0 Å². The Morgan fingerprint density at radius 2 is 1.23 bits per heavy atom. The van der Waals surface area contributed by atoms with Gasteiger partial charge in [0.15, 0.2) is 0 Å². The summed E-state index contributed by atoms with van der Waals surface area (Å²) in [7, 11) is -4.00. The molecule has 0 bridgehead atoms. The zero-order valence-corrected chi connectivity index (χ0v) is 12.6. The molecule has 3 nitrogen and oxygen atoms in total. The Kier molecular flexibility index (Phi) is 10.8. The van der Waals surface area contributed by atoms with Gasteiger partial charge in [0.25, 0.3) is 10.1 Å². The van der Waals surface area contributed by atoms with Gasteiger partial charge in [0.05, 0.1) is 5.41 Å². The average molecular weight is 326 g/mol. The Morgan fingerprint density at radius 1 is 0.818 bits per heavy atom. The second-order valence-corrected chi connectivity index (χ2v) is 5.44. The van der Waals surface area contributed by atoms with Crippen LogP contribution in [0.3, 0.4) is 0 Å². The summed E-state index contributed by atoms with van der Waals surface area (Å²) in [6.45, 7) is 2.02. The maximum atomic E-state index is 10.3. The zero-order chi connectivity index (χ0) is 15.6. The van der Waals surface area contributed by atoms with Crippen LogP contribution >= 0.6 is 0 Å². The third kappa shape index (κ3) is 10.5. The van der Waals surface area contributed by atoms with E-state index in [2.05, 4.69) is 18.2 Å². The van der Waals surface area contributed by atoms with E-state index in [1.807, 2.05) is 37.3 Å². The van der Waals surface area contributed by atoms with E-state index in [1.165, 1.54) is 11.6 Å². The molecule has 0 spiro atoms. The molecule has 0 saturated carbocycles. The summed E-state index contributed by atoms with van der Waals surface area (Å²) in [4.78, 5) is 0. The number of hydrogen-bond acceptors (Lipinski definition) is 2. The predicted octanol–water partition coefficient (Wildman–Crippen LogP) is 3.62. The molecule has 0 heterocycles. The normalized spacial score (nSPS) is 10.8. The fourth-order valence-corrected chi connectivity index (χ4v) is 1.81. The first-order valence-electron chi connectivity index (χ1n) is 6.39. The Bertz CT molecular complexity index is 678. The molecule has 0 aliphatic heterocycles. The van der Waals surface area contributed by atoms with Crippen LogP contribution in [0, 0.1) is 0 Å². The quantitative estimate of drug-likeness (QED) is 0.692. The van der Waals surface area contributed by atoms with E-state index in [9.17, 15) is 8.42 Å². The van der Waals surface area contributed by atoms with Gasteiger partial charge in [-0.2, -0.15) is 8.42 Å². The predicted molar refractivity (Wildman–Crippen MR) is 95.3 cm³/mol. The van der Waals surface area contributed by atoms with Crippen molar-refractivity contribution in [1.82, 2.24) is 0 Å². The van der Waals surface area contributed by atoms with Crippen molar-refractivity contribution < 1.29 is 13.0 Å². The van der Waals surface area contributed by atoms with Crippen LogP contribution in [-0.2, 0) is 10.1 Å². The minimum atomic E-state index is -4.00. The van der Waals surface area contributed by atoms with Crippen LogP contribution < -0.4 is 0 Å². The van der Waals surface area contributed by atoms with E-state index in [0.29, 0.717) is 0 Å². The first kappa shape index (κ1) is 20.8. The van der Waals surface area contributed by atoms with E-state index in [4.69, 9.17) is 4.55 Å². The Labute approximate surface area is 154 Å². The fourth-order valence-electron chi connectivity index (χ4n) is 1.49. The molecular formula is C17H19NaO3S. The van der Waals surface area contributed by atoms with Gasteiger partial charge in [0.2, 0.25) is 0 Å². The van der Waals surface area contributed by atoms with Crippen molar-refractivity contribution in [3.63, 3.8) is 0 Å². The van der Waals surface area contributed by atoms with Crippen LogP contribution in [-0.4, -0.2) is 42.5 Å². The minimum absolute atomic E-state index is 0. The van der Waals surface area contributed by atoms with Crippen LogP contribution in [0.15, 0.2) is 72.1 Å². The summed E-state index contributed by atoms with van der Waals surface area (Å²) in [6, 6.07) is 19.1. The molecule has 0 aromatic heterocycles. The molecule has 0 atom stereocenters. The third-order valence-electron chi connectivity index (χ3n) is 2.39. The standard InChI is InChI=1S/C9H10.C8H8O3S.Na.H/c1-2-6-9-7-4-3-5-8-9;9-12(10,11)7-6-8-4-2-1-3-5-8;;/h2-8H,1H3;1-7H,(H,9,10,11);;. The molecule has 0 aliphatic rings. The second kappa shape index (κ2) is 11.4. The SMILES string of the molecule is CC=Cc1ccccc1.O=S(=O)(O)C=Cc1ccccc1.[NaH]. The molecule has 112 valence electrons. The van der Waals surface area contributed by atoms with Crippen LogP contribution in [0.25, 0.3) is 12.2 Å². The summed E-state index contributed by atoms with van der Waals surface area (Å²) < 4.78 is 28.9. The van der Waals surface area contributed by atoms with E-state index in [-0.39, 0.29) is 29.6 Å². The maximum absolute atomic E-state index is 10.3. The Balaban J connectivity index is 0.000000397. The first-order valence-corrected chi connectivity index (χ1v) is 7.90.